The Kier molecular flexibility index (Phi) is 4.66. The number of rotatable bonds is 6. The van der Waals surface area contributed by atoms with E-state index in [-0.39, 0.29) is 0 Å². The van der Waals surface area contributed by atoms with E-state index in [0.717, 1.165) is 36.5 Å². The lowest BCUT2D eigenvalue weighted by atomic mass is 10.1. The molecule has 0 aliphatic heterocycles. The summed E-state index contributed by atoms with van der Waals surface area (Å²) >= 11 is 1.62. The molecule has 0 fully saturated rings. The number of nitrogens with one attached hydrogen (secondary N) is 1. The van der Waals surface area contributed by atoms with E-state index in [0.29, 0.717) is 0 Å². The molecule has 1 heterocycles. The Balaban J connectivity index is 2.41. The van der Waals surface area contributed by atoms with E-state index in [2.05, 4.69) is 13.0 Å². The van der Waals surface area contributed by atoms with Gasteiger partial charge in [-0.1, -0.05) is 13.3 Å². The van der Waals surface area contributed by atoms with Crippen molar-refractivity contribution in [3.8, 4) is 5.06 Å². The Labute approximate surface area is 89.4 Å². The number of methoxy groups -OCH3 is 1. The van der Waals surface area contributed by atoms with Crippen LogP contribution >= 0.6 is 11.3 Å². The van der Waals surface area contributed by atoms with Crippen molar-refractivity contribution in [3.63, 3.8) is 0 Å². The summed E-state index contributed by atoms with van der Waals surface area (Å²) in [7, 11) is 1.70. The van der Waals surface area contributed by atoms with Crippen LogP contribution in [0.4, 0.5) is 0 Å². The van der Waals surface area contributed by atoms with Gasteiger partial charge in [0, 0.05) is 11.3 Å². The SMILES string of the molecule is CCCC(=N)CCc1ccsc1OC. The van der Waals surface area contributed by atoms with Gasteiger partial charge < -0.3 is 10.1 Å². The Bertz CT molecular complexity index is 293. The Hall–Kier alpha value is -0.830. The molecular formula is C11H17NOS. The molecule has 3 heteroatoms. The van der Waals surface area contributed by atoms with Gasteiger partial charge in [0.15, 0.2) is 5.06 Å². The first kappa shape index (κ1) is 11.2. The first-order chi connectivity index (χ1) is 6.77. The second kappa shape index (κ2) is 5.81. The van der Waals surface area contributed by atoms with E-state index < -0.39 is 0 Å². The van der Waals surface area contributed by atoms with Crippen LogP contribution in [0.15, 0.2) is 11.4 Å². The van der Waals surface area contributed by atoms with E-state index in [4.69, 9.17) is 10.1 Å². The quantitative estimate of drug-likeness (QED) is 0.718. The predicted molar refractivity (Wildman–Crippen MR) is 61.8 cm³/mol. The van der Waals surface area contributed by atoms with Gasteiger partial charge in [0.1, 0.15) is 0 Å². The number of hydrogen-bond donors (Lipinski definition) is 1. The molecule has 14 heavy (non-hydrogen) atoms. The van der Waals surface area contributed by atoms with E-state index >= 15 is 0 Å². The zero-order chi connectivity index (χ0) is 10.4. The van der Waals surface area contributed by atoms with Gasteiger partial charge in [-0.05, 0) is 30.7 Å². The third kappa shape index (κ3) is 3.14. The molecule has 1 N–H and O–H groups in total. The molecule has 0 aliphatic carbocycles. The molecule has 0 aromatic carbocycles. The summed E-state index contributed by atoms with van der Waals surface area (Å²) in [6.45, 7) is 2.11. The Morgan fingerprint density at radius 1 is 1.50 bits per heavy atom. The van der Waals surface area contributed by atoms with Crippen molar-refractivity contribution in [3.05, 3.63) is 17.0 Å². The summed E-state index contributed by atoms with van der Waals surface area (Å²) in [6, 6.07) is 2.09. The average molecular weight is 211 g/mol. The predicted octanol–water partition coefficient (Wildman–Crippen LogP) is 3.51. The van der Waals surface area contributed by atoms with E-state index in [1.165, 1.54) is 5.56 Å². The van der Waals surface area contributed by atoms with Gasteiger partial charge in [0.05, 0.1) is 7.11 Å². The standard InChI is InChI=1S/C11H17NOS/c1-3-4-10(12)6-5-9-7-8-14-11(9)13-2/h7-8,12H,3-6H2,1-2H3. The summed E-state index contributed by atoms with van der Waals surface area (Å²) in [6.07, 6.45) is 3.79. The number of aryl methyl sites for hydroxylation is 1. The zero-order valence-electron chi connectivity index (χ0n) is 8.80. The molecule has 0 spiro atoms. The third-order valence-electron chi connectivity index (χ3n) is 2.14. The molecule has 2 nitrogen and oxygen atoms in total. The highest BCUT2D eigenvalue weighted by Gasteiger charge is 2.05. The van der Waals surface area contributed by atoms with Crippen LogP contribution in [-0.2, 0) is 6.42 Å². The van der Waals surface area contributed by atoms with Crippen LogP contribution in [0.25, 0.3) is 0 Å². The lowest BCUT2D eigenvalue weighted by Gasteiger charge is -2.03. The van der Waals surface area contributed by atoms with E-state index in [1.807, 2.05) is 5.38 Å². The molecule has 1 rings (SSSR count). The van der Waals surface area contributed by atoms with Crippen LogP contribution in [0.1, 0.15) is 31.7 Å². The summed E-state index contributed by atoms with van der Waals surface area (Å²) in [5.74, 6) is 0. The summed E-state index contributed by atoms with van der Waals surface area (Å²) in [4.78, 5) is 0. The smallest absolute Gasteiger partial charge is 0.176 e. The monoisotopic (exact) mass is 211 g/mol. The molecule has 0 atom stereocenters. The van der Waals surface area contributed by atoms with Crippen molar-refractivity contribution in [2.24, 2.45) is 0 Å². The van der Waals surface area contributed by atoms with Crippen molar-refractivity contribution in [1.29, 1.82) is 5.41 Å². The zero-order valence-corrected chi connectivity index (χ0v) is 9.62. The van der Waals surface area contributed by atoms with Crippen molar-refractivity contribution < 1.29 is 4.74 Å². The molecule has 0 radical (unpaired) electrons. The molecule has 78 valence electrons. The minimum absolute atomic E-state index is 0.848. The molecule has 0 bridgehead atoms. The number of hydrogen-bond acceptors (Lipinski definition) is 3. The van der Waals surface area contributed by atoms with Crippen molar-refractivity contribution in [2.75, 3.05) is 7.11 Å². The largest absolute Gasteiger partial charge is 0.487 e. The fourth-order valence-corrected chi connectivity index (χ4v) is 2.17. The highest BCUT2D eigenvalue weighted by atomic mass is 32.1. The van der Waals surface area contributed by atoms with Gasteiger partial charge in [-0.2, -0.15) is 0 Å². The van der Waals surface area contributed by atoms with Gasteiger partial charge in [0.25, 0.3) is 0 Å². The normalized spacial score (nSPS) is 10.1. The molecule has 0 aliphatic rings. The maximum Gasteiger partial charge on any atom is 0.176 e. The molecular weight excluding hydrogens is 194 g/mol. The first-order valence-corrected chi connectivity index (χ1v) is 5.82. The molecule has 0 amide bonds. The second-order valence-electron chi connectivity index (χ2n) is 3.29. The van der Waals surface area contributed by atoms with Crippen molar-refractivity contribution in [1.82, 2.24) is 0 Å². The summed E-state index contributed by atoms with van der Waals surface area (Å²) < 4.78 is 5.23. The van der Waals surface area contributed by atoms with Crippen LogP contribution in [0.3, 0.4) is 0 Å². The van der Waals surface area contributed by atoms with Crippen LogP contribution in [-0.4, -0.2) is 12.8 Å². The highest BCUT2D eigenvalue weighted by Crippen LogP contribution is 2.26. The minimum atomic E-state index is 0.848. The fourth-order valence-electron chi connectivity index (χ4n) is 1.40. The Morgan fingerprint density at radius 3 is 2.93 bits per heavy atom. The van der Waals surface area contributed by atoms with Gasteiger partial charge in [0.2, 0.25) is 0 Å². The van der Waals surface area contributed by atoms with Crippen molar-refractivity contribution in [2.45, 2.75) is 32.6 Å². The fraction of sp³-hybridized carbons (Fsp3) is 0.545. The first-order valence-electron chi connectivity index (χ1n) is 4.94. The molecule has 0 saturated heterocycles. The lowest BCUT2D eigenvalue weighted by Crippen LogP contribution is -1.98. The van der Waals surface area contributed by atoms with E-state index in [9.17, 15) is 0 Å². The average Bonchev–Trinajstić information content (AvgIpc) is 2.62. The van der Waals surface area contributed by atoms with Crippen LogP contribution in [0.2, 0.25) is 0 Å². The maximum atomic E-state index is 7.68. The van der Waals surface area contributed by atoms with E-state index in [1.54, 1.807) is 18.4 Å². The Morgan fingerprint density at radius 2 is 2.29 bits per heavy atom. The summed E-state index contributed by atoms with van der Waals surface area (Å²) in [5.41, 5.74) is 2.08. The lowest BCUT2D eigenvalue weighted by molar-refractivity contribution is 0.422. The minimum Gasteiger partial charge on any atom is -0.487 e. The molecule has 0 saturated carbocycles. The van der Waals surface area contributed by atoms with Crippen LogP contribution in [0, 0.1) is 5.41 Å². The van der Waals surface area contributed by atoms with Gasteiger partial charge in [-0.3, -0.25) is 0 Å². The second-order valence-corrected chi connectivity index (χ2v) is 4.17. The third-order valence-corrected chi connectivity index (χ3v) is 3.05. The maximum absolute atomic E-state index is 7.68. The molecule has 0 unspecified atom stereocenters. The van der Waals surface area contributed by atoms with Gasteiger partial charge in [-0.25, -0.2) is 0 Å². The topological polar surface area (TPSA) is 33.1 Å². The van der Waals surface area contributed by atoms with Crippen molar-refractivity contribution >= 4 is 17.0 Å². The summed E-state index contributed by atoms with van der Waals surface area (Å²) in [5, 5.41) is 10.7. The molecule has 1 aromatic rings. The number of ether oxygens (including phenoxy) is 1. The van der Waals surface area contributed by atoms with Gasteiger partial charge >= 0.3 is 0 Å². The van der Waals surface area contributed by atoms with Crippen LogP contribution in [0.5, 0.6) is 5.06 Å². The highest BCUT2D eigenvalue weighted by molar-refractivity contribution is 7.12. The van der Waals surface area contributed by atoms with Gasteiger partial charge in [-0.15, -0.1) is 11.3 Å². The molecule has 1 aromatic heterocycles. The number of thiophene rings is 1. The van der Waals surface area contributed by atoms with Crippen LogP contribution < -0.4 is 4.74 Å².